The van der Waals surface area contributed by atoms with E-state index in [0.29, 0.717) is 0 Å². The van der Waals surface area contributed by atoms with Crippen LogP contribution in [0.4, 0.5) is 17.6 Å². The number of amides is 1. The second-order valence-corrected chi connectivity index (χ2v) is 3.45. The smallest absolute Gasteiger partial charge is 0.354 e. The highest BCUT2D eigenvalue weighted by molar-refractivity contribution is 5.85. The number of carbonyl (C=O) groups is 1. The molecule has 2 atom stereocenters. The van der Waals surface area contributed by atoms with Crippen LogP contribution in [0, 0.1) is 0 Å². The number of alkyl halides is 4. The van der Waals surface area contributed by atoms with Gasteiger partial charge in [-0.1, -0.05) is 0 Å². The summed E-state index contributed by atoms with van der Waals surface area (Å²) in [6.45, 7) is -0.380. The van der Waals surface area contributed by atoms with E-state index in [9.17, 15) is 22.4 Å². The van der Waals surface area contributed by atoms with Gasteiger partial charge in [-0.05, 0) is 0 Å². The molecule has 0 saturated carbocycles. The Balaban J connectivity index is 0.00000225. The van der Waals surface area contributed by atoms with Gasteiger partial charge >= 0.3 is 6.18 Å². The van der Waals surface area contributed by atoms with Gasteiger partial charge in [-0.25, -0.2) is 4.39 Å². The number of hydrogen-bond acceptors (Lipinski definition) is 2. The van der Waals surface area contributed by atoms with Gasteiger partial charge in [-0.15, -0.1) is 12.4 Å². The molecule has 1 aliphatic heterocycles. The van der Waals surface area contributed by atoms with E-state index in [-0.39, 0.29) is 25.4 Å². The fourth-order valence-electron chi connectivity index (χ4n) is 1.34. The zero-order valence-electron chi connectivity index (χ0n) is 8.31. The Hall–Kier alpha value is -0.560. The zero-order valence-corrected chi connectivity index (χ0v) is 9.13. The average Bonchev–Trinajstić information content (AvgIpc) is 2.49. The molecule has 1 rings (SSSR count). The highest BCUT2D eigenvalue weighted by atomic mass is 35.5. The average molecular weight is 265 g/mol. The van der Waals surface area contributed by atoms with Gasteiger partial charge in [-0.3, -0.25) is 4.79 Å². The molecular weight excluding hydrogens is 252 g/mol. The van der Waals surface area contributed by atoms with Crippen molar-refractivity contribution in [3.8, 4) is 0 Å². The molecule has 0 aliphatic carbocycles. The van der Waals surface area contributed by atoms with E-state index in [1.54, 1.807) is 0 Å². The molecule has 0 aromatic carbocycles. The molecule has 96 valence electrons. The fourth-order valence-corrected chi connectivity index (χ4v) is 1.34. The topological polar surface area (TPSA) is 41.1 Å². The number of hydrogen-bond donors (Lipinski definition) is 2. The Morgan fingerprint density at radius 2 is 2.06 bits per heavy atom. The third-order valence-electron chi connectivity index (χ3n) is 2.10. The van der Waals surface area contributed by atoms with Crippen LogP contribution in [-0.2, 0) is 4.79 Å². The second-order valence-electron chi connectivity index (χ2n) is 3.45. The number of rotatable bonds is 3. The maximum Gasteiger partial charge on any atom is 0.390 e. The van der Waals surface area contributed by atoms with Gasteiger partial charge in [0, 0.05) is 19.5 Å². The fraction of sp³-hybridized carbons (Fsp3) is 0.875. The summed E-state index contributed by atoms with van der Waals surface area (Å²) in [6.07, 6.45) is -6.41. The summed E-state index contributed by atoms with van der Waals surface area (Å²) in [5, 5.41) is 4.70. The molecule has 0 spiro atoms. The van der Waals surface area contributed by atoms with Crippen molar-refractivity contribution >= 4 is 18.3 Å². The van der Waals surface area contributed by atoms with Gasteiger partial charge in [0.2, 0.25) is 5.91 Å². The van der Waals surface area contributed by atoms with E-state index in [1.165, 1.54) is 0 Å². The first-order chi connectivity index (χ1) is 6.88. The SMILES string of the molecule is Cl.O=C(NCCC(F)(F)F)[C@H]1C[C@H](F)CN1. The van der Waals surface area contributed by atoms with E-state index in [0.717, 1.165) is 0 Å². The number of halogens is 5. The molecule has 0 aromatic heterocycles. The van der Waals surface area contributed by atoms with Crippen LogP contribution in [0.25, 0.3) is 0 Å². The highest BCUT2D eigenvalue weighted by Gasteiger charge is 2.30. The Kier molecular flexibility index (Phi) is 6.02. The first kappa shape index (κ1) is 15.4. The molecule has 16 heavy (non-hydrogen) atoms. The Bertz CT molecular complexity index is 237. The number of nitrogens with one attached hydrogen (secondary N) is 2. The molecule has 8 heteroatoms. The molecule has 1 fully saturated rings. The van der Waals surface area contributed by atoms with Gasteiger partial charge in [0.05, 0.1) is 12.5 Å². The van der Waals surface area contributed by atoms with Crippen LogP contribution >= 0.6 is 12.4 Å². The molecule has 1 saturated heterocycles. The lowest BCUT2D eigenvalue weighted by Crippen LogP contribution is -2.41. The molecule has 1 amide bonds. The van der Waals surface area contributed by atoms with Gasteiger partial charge < -0.3 is 10.6 Å². The molecule has 0 aromatic rings. The van der Waals surface area contributed by atoms with Crippen molar-refractivity contribution in [2.24, 2.45) is 0 Å². The standard InChI is InChI=1S/C8H12F4N2O.ClH/c9-5-3-6(14-4-5)7(15)13-2-1-8(10,11)12;/h5-6,14H,1-4H2,(H,13,15);1H/t5-,6+;/m0./s1. The predicted molar refractivity (Wildman–Crippen MR) is 52.2 cm³/mol. The lowest BCUT2D eigenvalue weighted by molar-refractivity contribution is -0.136. The maximum atomic E-state index is 12.6. The van der Waals surface area contributed by atoms with Gasteiger partial charge in [0.1, 0.15) is 6.17 Å². The summed E-state index contributed by atoms with van der Waals surface area (Å²) < 4.78 is 47.8. The maximum absolute atomic E-state index is 12.6. The van der Waals surface area contributed by atoms with Crippen molar-refractivity contribution < 1.29 is 22.4 Å². The molecule has 0 radical (unpaired) electrons. The van der Waals surface area contributed by atoms with Crippen molar-refractivity contribution in [3.63, 3.8) is 0 Å². The Morgan fingerprint density at radius 1 is 1.44 bits per heavy atom. The molecule has 1 aliphatic rings. The summed E-state index contributed by atoms with van der Waals surface area (Å²) in [5.74, 6) is -0.570. The van der Waals surface area contributed by atoms with E-state index in [1.807, 2.05) is 0 Å². The van der Waals surface area contributed by atoms with Crippen molar-refractivity contribution in [2.45, 2.75) is 31.2 Å². The summed E-state index contributed by atoms with van der Waals surface area (Å²) in [5.41, 5.74) is 0. The Labute approximate surface area is 96.4 Å². The van der Waals surface area contributed by atoms with Crippen LogP contribution in [0.5, 0.6) is 0 Å². The van der Waals surface area contributed by atoms with E-state index in [4.69, 9.17) is 0 Å². The summed E-state index contributed by atoms with van der Waals surface area (Å²) in [6, 6.07) is -0.701. The minimum atomic E-state index is -4.28. The first-order valence-electron chi connectivity index (χ1n) is 4.60. The molecule has 3 nitrogen and oxygen atoms in total. The third kappa shape index (κ3) is 5.50. The first-order valence-corrected chi connectivity index (χ1v) is 4.60. The lowest BCUT2D eigenvalue weighted by Gasteiger charge is -2.11. The van der Waals surface area contributed by atoms with Gasteiger partial charge in [-0.2, -0.15) is 13.2 Å². The zero-order chi connectivity index (χ0) is 11.5. The van der Waals surface area contributed by atoms with Crippen molar-refractivity contribution in [1.29, 1.82) is 0 Å². The highest BCUT2D eigenvalue weighted by Crippen LogP contribution is 2.18. The summed E-state index contributed by atoms with van der Waals surface area (Å²) >= 11 is 0. The number of carbonyl (C=O) groups excluding carboxylic acids is 1. The van der Waals surface area contributed by atoms with Crippen LogP contribution in [-0.4, -0.2) is 37.4 Å². The predicted octanol–water partition coefficient (Wildman–Crippen LogP) is 1.18. The molecule has 2 N–H and O–H groups in total. The van der Waals surface area contributed by atoms with Crippen molar-refractivity contribution in [3.05, 3.63) is 0 Å². The third-order valence-corrected chi connectivity index (χ3v) is 2.10. The normalized spacial score (nSPS) is 25.0. The van der Waals surface area contributed by atoms with Crippen LogP contribution in [0.1, 0.15) is 12.8 Å². The quantitative estimate of drug-likeness (QED) is 0.752. The van der Waals surface area contributed by atoms with Gasteiger partial charge in [0.15, 0.2) is 0 Å². The van der Waals surface area contributed by atoms with E-state index < -0.39 is 37.3 Å². The second kappa shape index (κ2) is 6.24. The Morgan fingerprint density at radius 3 is 2.50 bits per heavy atom. The minimum absolute atomic E-state index is 0. The molecular formula is C8H13ClF4N2O. The van der Waals surface area contributed by atoms with Crippen molar-refractivity contribution in [2.75, 3.05) is 13.1 Å². The van der Waals surface area contributed by atoms with Crippen LogP contribution in [0.2, 0.25) is 0 Å². The van der Waals surface area contributed by atoms with Gasteiger partial charge in [0.25, 0.3) is 0 Å². The summed E-state index contributed by atoms with van der Waals surface area (Å²) in [7, 11) is 0. The molecule has 1 heterocycles. The molecule has 0 unspecified atom stereocenters. The van der Waals surface area contributed by atoms with Crippen molar-refractivity contribution in [1.82, 2.24) is 10.6 Å². The van der Waals surface area contributed by atoms with E-state index in [2.05, 4.69) is 10.6 Å². The lowest BCUT2D eigenvalue weighted by atomic mass is 10.2. The monoisotopic (exact) mass is 264 g/mol. The molecule has 0 bridgehead atoms. The minimum Gasteiger partial charge on any atom is -0.354 e. The van der Waals surface area contributed by atoms with Crippen LogP contribution < -0.4 is 10.6 Å². The van der Waals surface area contributed by atoms with E-state index >= 15 is 0 Å². The van der Waals surface area contributed by atoms with Crippen LogP contribution in [0.15, 0.2) is 0 Å². The largest absolute Gasteiger partial charge is 0.390 e. The summed E-state index contributed by atoms with van der Waals surface area (Å²) in [4.78, 5) is 11.2. The van der Waals surface area contributed by atoms with Crippen LogP contribution in [0.3, 0.4) is 0 Å².